The predicted molar refractivity (Wildman–Crippen MR) is 72.0 cm³/mol. The first kappa shape index (κ1) is 15.2. The minimum atomic E-state index is -1.63. The van der Waals surface area contributed by atoms with E-state index in [0.717, 1.165) is 38.5 Å². The molecule has 0 bridgehead atoms. The summed E-state index contributed by atoms with van der Waals surface area (Å²) in [6.07, 6.45) is 7.86. The van der Waals surface area contributed by atoms with Gasteiger partial charge in [-0.05, 0) is 44.9 Å². The topological polar surface area (TPSA) is 80.9 Å². The highest BCUT2D eigenvalue weighted by molar-refractivity contribution is 4.87. The Hall–Kier alpha value is -0.160. The molecule has 2 rings (SSSR count). The van der Waals surface area contributed by atoms with Crippen molar-refractivity contribution in [2.45, 2.75) is 76.3 Å². The van der Waals surface area contributed by atoms with Crippen LogP contribution in [-0.2, 0) is 0 Å². The van der Waals surface area contributed by atoms with E-state index >= 15 is 0 Å². The van der Waals surface area contributed by atoms with Crippen LogP contribution in [0.2, 0.25) is 0 Å². The van der Waals surface area contributed by atoms with E-state index in [9.17, 15) is 20.4 Å². The van der Waals surface area contributed by atoms with E-state index in [1.165, 1.54) is 13.3 Å². The van der Waals surface area contributed by atoms with Gasteiger partial charge in [0, 0.05) is 18.3 Å². The summed E-state index contributed by atoms with van der Waals surface area (Å²) in [4.78, 5) is 0. The van der Waals surface area contributed by atoms with Gasteiger partial charge in [0.1, 0.15) is 0 Å². The normalized spacial score (nSPS) is 30.8. The molecule has 4 heteroatoms. The molecule has 0 radical (unpaired) electrons. The Bertz CT molecular complexity index is 289. The molecule has 2 aliphatic rings. The van der Waals surface area contributed by atoms with E-state index in [4.69, 9.17) is 0 Å². The monoisotopic (exact) mass is 272 g/mol. The van der Waals surface area contributed by atoms with Crippen LogP contribution in [0.3, 0.4) is 0 Å². The van der Waals surface area contributed by atoms with E-state index in [2.05, 4.69) is 0 Å². The minimum absolute atomic E-state index is 0.00469. The van der Waals surface area contributed by atoms with Crippen molar-refractivity contribution >= 4 is 0 Å². The molecule has 0 aromatic rings. The Morgan fingerprint density at radius 3 is 2.00 bits per heavy atom. The first-order valence-corrected chi connectivity index (χ1v) is 7.68. The van der Waals surface area contributed by atoms with E-state index < -0.39 is 11.6 Å². The molecule has 0 aliphatic heterocycles. The van der Waals surface area contributed by atoms with Crippen LogP contribution in [0.1, 0.15) is 64.7 Å². The van der Waals surface area contributed by atoms with Crippen molar-refractivity contribution in [1.29, 1.82) is 0 Å². The molecule has 0 saturated heterocycles. The average Bonchev–Trinajstić information content (AvgIpc) is 2.78. The molecule has 0 spiro atoms. The van der Waals surface area contributed by atoms with E-state index in [1.54, 1.807) is 0 Å². The van der Waals surface area contributed by atoms with Crippen LogP contribution in [-0.4, -0.2) is 32.0 Å². The van der Waals surface area contributed by atoms with E-state index in [1.807, 2.05) is 0 Å². The average molecular weight is 272 g/mol. The van der Waals surface area contributed by atoms with Gasteiger partial charge in [-0.25, -0.2) is 0 Å². The van der Waals surface area contributed by atoms with Gasteiger partial charge in [-0.1, -0.05) is 19.3 Å². The van der Waals surface area contributed by atoms with Gasteiger partial charge in [0.25, 0.3) is 0 Å². The quantitative estimate of drug-likeness (QED) is 0.588. The van der Waals surface area contributed by atoms with Crippen molar-refractivity contribution < 1.29 is 20.4 Å². The summed E-state index contributed by atoms with van der Waals surface area (Å²) < 4.78 is 0. The van der Waals surface area contributed by atoms with Gasteiger partial charge in [0.2, 0.25) is 0 Å². The highest BCUT2D eigenvalue weighted by Gasteiger charge is 2.42. The zero-order chi connectivity index (χ0) is 14.1. The maximum atomic E-state index is 10.3. The molecule has 2 saturated carbocycles. The third kappa shape index (κ3) is 3.91. The van der Waals surface area contributed by atoms with Gasteiger partial charge < -0.3 is 20.4 Å². The van der Waals surface area contributed by atoms with Gasteiger partial charge in [0.15, 0.2) is 11.6 Å². The zero-order valence-corrected chi connectivity index (χ0v) is 11.9. The lowest BCUT2D eigenvalue weighted by Crippen LogP contribution is -2.40. The summed E-state index contributed by atoms with van der Waals surface area (Å²) in [5, 5.41) is 39.9. The molecule has 2 aliphatic carbocycles. The van der Waals surface area contributed by atoms with Crippen molar-refractivity contribution in [3.8, 4) is 0 Å². The lowest BCUT2D eigenvalue weighted by molar-refractivity contribution is -0.219. The molecule has 0 aromatic carbocycles. The first-order chi connectivity index (χ1) is 8.79. The number of rotatable bonds is 4. The van der Waals surface area contributed by atoms with Crippen molar-refractivity contribution in [1.82, 2.24) is 0 Å². The molecule has 2 unspecified atom stereocenters. The number of hydrogen-bond acceptors (Lipinski definition) is 4. The van der Waals surface area contributed by atoms with Crippen LogP contribution >= 0.6 is 0 Å². The molecule has 19 heavy (non-hydrogen) atoms. The Morgan fingerprint density at radius 2 is 1.47 bits per heavy atom. The predicted octanol–water partition coefficient (Wildman–Crippen LogP) is 1.75. The highest BCUT2D eigenvalue weighted by atomic mass is 16.5. The van der Waals surface area contributed by atoms with Crippen LogP contribution < -0.4 is 0 Å². The summed E-state index contributed by atoms with van der Waals surface area (Å²) in [5.41, 5.74) is 0. The smallest absolute Gasteiger partial charge is 0.165 e. The van der Waals surface area contributed by atoms with Gasteiger partial charge in [-0.3, -0.25) is 0 Å². The molecular formula is C15H28O4. The van der Waals surface area contributed by atoms with Crippen molar-refractivity contribution in [2.75, 3.05) is 0 Å². The van der Waals surface area contributed by atoms with Crippen LogP contribution in [0, 0.1) is 17.8 Å². The summed E-state index contributed by atoms with van der Waals surface area (Å²) in [7, 11) is 0. The molecule has 0 heterocycles. The lowest BCUT2D eigenvalue weighted by atomic mass is 9.79. The van der Waals surface area contributed by atoms with E-state index in [0.29, 0.717) is 12.8 Å². The Balaban J connectivity index is 1.87. The summed E-state index contributed by atoms with van der Waals surface area (Å²) >= 11 is 0. The molecule has 0 aromatic heterocycles. The Kier molecular flexibility index (Phi) is 4.56. The fourth-order valence-corrected chi connectivity index (χ4v) is 3.91. The first-order valence-electron chi connectivity index (χ1n) is 7.68. The number of hydrogen-bond donors (Lipinski definition) is 4. The fourth-order valence-electron chi connectivity index (χ4n) is 3.91. The van der Waals surface area contributed by atoms with Crippen molar-refractivity contribution in [3.05, 3.63) is 0 Å². The fraction of sp³-hybridized carbons (Fsp3) is 1.00. The maximum absolute atomic E-state index is 10.3. The Morgan fingerprint density at radius 1 is 0.842 bits per heavy atom. The molecule has 0 amide bonds. The number of aliphatic hydroxyl groups is 4. The van der Waals surface area contributed by atoms with Gasteiger partial charge >= 0.3 is 0 Å². The zero-order valence-electron chi connectivity index (χ0n) is 11.9. The third-order valence-electron chi connectivity index (χ3n) is 5.16. The maximum Gasteiger partial charge on any atom is 0.165 e. The largest absolute Gasteiger partial charge is 0.366 e. The molecule has 112 valence electrons. The SMILES string of the molecule is CC(O)(O)C1CCC(CC(O)(O)C2CCCCC2)C1. The second-order valence-corrected chi connectivity index (χ2v) is 6.89. The third-order valence-corrected chi connectivity index (χ3v) is 5.16. The van der Waals surface area contributed by atoms with Crippen LogP contribution in [0.25, 0.3) is 0 Å². The van der Waals surface area contributed by atoms with Crippen molar-refractivity contribution in [3.63, 3.8) is 0 Å². The molecule has 4 nitrogen and oxygen atoms in total. The molecule has 2 atom stereocenters. The van der Waals surface area contributed by atoms with Crippen molar-refractivity contribution in [2.24, 2.45) is 17.8 Å². The lowest BCUT2D eigenvalue weighted by Gasteiger charge is -2.36. The Labute approximate surface area is 115 Å². The minimum Gasteiger partial charge on any atom is -0.366 e. The van der Waals surface area contributed by atoms with Gasteiger partial charge in [0.05, 0.1) is 0 Å². The molecular weight excluding hydrogens is 244 g/mol. The van der Waals surface area contributed by atoms with Gasteiger partial charge in [-0.2, -0.15) is 0 Å². The second kappa shape index (κ2) is 5.68. The molecule has 4 N–H and O–H groups in total. The van der Waals surface area contributed by atoms with Crippen LogP contribution in [0.15, 0.2) is 0 Å². The van der Waals surface area contributed by atoms with Gasteiger partial charge in [-0.15, -0.1) is 0 Å². The second-order valence-electron chi connectivity index (χ2n) is 6.89. The van der Waals surface area contributed by atoms with E-state index in [-0.39, 0.29) is 17.8 Å². The summed E-state index contributed by atoms with van der Waals surface area (Å²) in [5.74, 6) is -3.15. The van der Waals surface area contributed by atoms with Crippen LogP contribution in [0.5, 0.6) is 0 Å². The standard InChI is InChI=1S/C15H28O4/c1-14(16,17)13-8-7-11(9-13)10-15(18,19)12-5-3-2-4-6-12/h11-13,16-19H,2-10H2,1H3. The highest BCUT2D eigenvalue weighted by Crippen LogP contribution is 2.43. The van der Waals surface area contributed by atoms with Crippen LogP contribution in [0.4, 0.5) is 0 Å². The summed E-state index contributed by atoms with van der Waals surface area (Å²) in [6.45, 7) is 1.42. The summed E-state index contributed by atoms with van der Waals surface area (Å²) in [6, 6.07) is 0. The molecule has 2 fully saturated rings.